The number of carbonyl (C=O) groups excluding carboxylic acids is 1. The summed E-state index contributed by atoms with van der Waals surface area (Å²) in [6.07, 6.45) is 1.72. The summed E-state index contributed by atoms with van der Waals surface area (Å²) in [5.41, 5.74) is 0. The van der Waals surface area contributed by atoms with Crippen molar-refractivity contribution in [2.24, 2.45) is 5.92 Å². The van der Waals surface area contributed by atoms with Gasteiger partial charge in [0.1, 0.15) is 6.61 Å². The van der Waals surface area contributed by atoms with Crippen LogP contribution < -0.4 is 0 Å². The van der Waals surface area contributed by atoms with Crippen LogP contribution in [0.4, 0.5) is 4.79 Å². The number of rotatable bonds is 3. The first kappa shape index (κ1) is 13.8. The maximum absolute atomic E-state index is 11.7. The number of hydrogen-bond acceptors (Lipinski definition) is 3. The fourth-order valence-electron chi connectivity index (χ4n) is 2.17. The number of carboxylic acids is 1. The van der Waals surface area contributed by atoms with Crippen molar-refractivity contribution >= 4 is 20.1 Å². The summed E-state index contributed by atoms with van der Waals surface area (Å²) < 4.78 is 4.95. The molecule has 0 aliphatic carbocycles. The summed E-state index contributed by atoms with van der Waals surface area (Å²) in [4.78, 5) is 24.3. The summed E-state index contributed by atoms with van der Waals surface area (Å²) in [6.45, 7) is 8.07. The molecule has 1 N–H and O–H groups in total. The van der Waals surface area contributed by atoms with Gasteiger partial charge in [0.25, 0.3) is 0 Å². The van der Waals surface area contributed by atoms with Crippen molar-refractivity contribution in [1.82, 2.24) is 4.90 Å². The van der Waals surface area contributed by atoms with Crippen LogP contribution in [0, 0.1) is 5.92 Å². The van der Waals surface area contributed by atoms with E-state index in [-0.39, 0.29) is 13.2 Å². The average Bonchev–Trinajstić information content (AvgIpc) is 2.23. The Kier molecular flexibility index (Phi) is 4.33. The second-order valence-electron chi connectivity index (χ2n) is 5.15. The predicted octanol–water partition coefficient (Wildman–Crippen LogP) is 1.57. The molecular formula is C11H19NO4Si. The Morgan fingerprint density at radius 1 is 1.59 bits per heavy atom. The van der Waals surface area contributed by atoms with E-state index in [0.717, 1.165) is 0 Å². The van der Waals surface area contributed by atoms with Gasteiger partial charge in [-0.25, -0.2) is 4.79 Å². The van der Waals surface area contributed by atoms with Crippen LogP contribution in [-0.2, 0) is 9.53 Å². The minimum atomic E-state index is -1.66. The van der Waals surface area contributed by atoms with Crippen molar-refractivity contribution in [2.45, 2.75) is 19.1 Å². The summed E-state index contributed by atoms with van der Waals surface area (Å²) in [7, 11) is -1.66. The van der Waals surface area contributed by atoms with Gasteiger partial charge in [0.15, 0.2) is 0 Å². The van der Waals surface area contributed by atoms with Crippen LogP contribution in [0.5, 0.6) is 0 Å². The second kappa shape index (κ2) is 5.35. The highest BCUT2D eigenvalue weighted by Gasteiger charge is 2.39. The number of hydrogen-bond donors (Lipinski definition) is 1. The smallest absolute Gasteiger partial charge is 0.409 e. The van der Waals surface area contributed by atoms with Gasteiger partial charge in [-0.05, 0) is 6.04 Å². The summed E-state index contributed by atoms with van der Waals surface area (Å²) in [5, 5.41) is 9.07. The van der Waals surface area contributed by atoms with Gasteiger partial charge in [-0.15, -0.1) is 0 Å². The van der Waals surface area contributed by atoms with Crippen LogP contribution >= 0.6 is 0 Å². The maximum Gasteiger partial charge on any atom is 0.409 e. The van der Waals surface area contributed by atoms with Crippen LogP contribution in [0.2, 0.25) is 19.1 Å². The van der Waals surface area contributed by atoms with E-state index >= 15 is 0 Å². The lowest BCUT2D eigenvalue weighted by Crippen LogP contribution is -2.55. The molecule has 1 unspecified atom stereocenters. The third kappa shape index (κ3) is 3.88. The number of nitrogens with zero attached hydrogens (tertiary/aromatic N) is 1. The van der Waals surface area contributed by atoms with E-state index in [1.54, 1.807) is 0 Å². The van der Waals surface area contributed by atoms with Crippen LogP contribution in [0.3, 0.4) is 0 Å². The van der Waals surface area contributed by atoms with E-state index in [2.05, 4.69) is 19.7 Å². The van der Waals surface area contributed by atoms with Crippen molar-refractivity contribution in [3.05, 3.63) is 12.7 Å². The summed E-state index contributed by atoms with van der Waals surface area (Å²) >= 11 is 0. The van der Waals surface area contributed by atoms with Gasteiger partial charge in [-0.3, -0.25) is 4.79 Å². The molecule has 0 radical (unpaired) electrons. The molecular weight excluding hydrogens is 238 g/mol. The van der Waals surface area contributed by atoms with Gasteiger partial charge < -0.3 is 14.7 Å². The lowest BCUT2D eigenvalue weighted by Gasteiger charge is -2.39. The second-order valence-corrected chi connectivity index (χ2v) is 10.2. The topological polar surface area (TPSA) is 66.8 Å². The standard InChI is InChI=1S/C11H19NO4Si/c1-4-5-16-11(15)12-6-9(10(13)14)7-17(2,3)8-12/h4,9H,1,5-8H2,2-3H3,(H,13,14). The molecule has 0 aromatic rings. The normalized spacial score (nSPS) is 22.9. The first-order valence-electron chi connectivity index (χ1n) is 5.61. The Hall–Kier alpha value is -1.30. The van der Waals surface area contributed by atoms with Gasteiger partial charge in [-0.2, -0.15) is 0 Å². The molecule has 6 heteroatoms. The lowest BCUT2D eigenvalue weighted by atomic mass is 10.2. The monoisotopic (exact) mass is 257 g/mol. The highest BCUT2D eigenvalue weighted by molar-refractivity contribution is 6.78. The van der Waals surface area contributed by atoms with E-state index in [4.69, 9.17) is 9.84 Å². The minimum absolute atomic E-state index is 0.162. The van der Waals surface area contributed by atoms with Crippen LogP contribution in [0.15, 0.2) is 12.7 Å². The molecule has 17 heavy (non-hydrogen) atoms. The summed E-state index contributed by atoms with van der Waals surface area (Å²) in [5.74, 6) is -1.28. The molecule has 0 bridgehead atoms. The molecule has 0 aromatic heterocycles. The number of amides is 1. The predicted molar refractivity (Wildman–Crippen MR) is 66.5 cm³/mol. The number of carbonyl (C=O) groups is 2. The fourth-order valence-corrected chi connectivity index (χ4v) is 5.23. The van der Waals surface area contributed by atoms with Gasteiger partial charge in [0.05, 0.1) is 14.0 Å². The molecule has 1 rings (SSSR count). The largest absolute Gasteiger partial charge is 0.481 e. The molecule has 1 fully saturated rings. The van der Waals surface area contributed by atoms with Crippen LogP contribution in [0.25, 0.3) is 0 Å². The molecule has 1 aliphatic rings. The molecule has 0 saturated carbocycles. The van der Waals surface area contributed by atoms with Gasteiger partial charge in [0.2, 0.25) is 0 Å². The van der Waals surface area contributed by atoms with Crippen LogP contribution in [0.1, 0.15) is 0 Å². The Labute approximate surface area is 102 Å². The summed E-state index contributed by atoms with van der Waals surface area (Å²) in [6, 6.07) is 0.716. The highest BCUT2D eigenvalue weighted by atomic mass is 28.3. The number of aliphatic carboxylic acids is 1. The number of carboxylic acid groups (broad SMARTS) is 1. The zero-order valence-electron chi connectivity index (χ0n) is 10.3. The zero-order valence-corrected chi connectivity index (χ0v) is 11.3. The Morgan fingerprint density at radius 3 is 2.76 bits per heavy atom. The van der Waals surface area contributed by atoms with Gasteiger partial charge in [-0.1, -0.05) is 25.7 Å². The third-order valence-corrected chi connectivity index (χ3v) is 5.63. The zero-order chi connectivity index (χ0) is 13.1. The van der Waals surface area contributed by atoms with E-state index in [1.165, 1.54) is 11.0 Å². The molecule has 5 nitrogen and oxygen atoms in total. The van der Waals surface area contributed by atoms with Crippen molar-refractivity contribution in [3.8, 4) is 0 Å². The maximum atomic E-state index is 11.7. The molecule has 96 valence electrons. The Balaban J connectivity index is 2.69. The van der Waals surface area contributed by atoms with E-state index in [0.29, 0.717) is 12.2 Å². The molecule has 0 spiro atoms. The van der Waals surface area contributed by atoms with E-state index in [1.807, 2.05) is 0 Å². The first-order valence-corrected chi connectivity index (χ1v) is 9.02. The Morgan fingerprint density at radius 2 is 2.24 bits per heavy atom. The van der Waals surface area contributed by atoms with Gasteiger partial charge in [0, 0.05) is 12.7 Å². The number of ether oxygens (including phenoxy) is 1. The van der Waals surface area contributed by atoms with Crippen molar-refractivity contribution in [3.63, 3.8) is 0 Å². The molecule has 1 aliphatic heterocycles. The average molecular weight is 257 g/mol. The molecule has 1 saturated heterocycles. The van der Waals surface area contributed by atoms with E-state index in [9.17, 15) is 9.59 Å². The van der Waals surface area contributed by atoms with Crippen LogP contribution in [-0.4, -0.2) is 49.5 Å². The molecule has 1 atom stereocenters. The Bertz CT molecular complexity index is 329. The first-order chi connectivity index (χ1) is 7.85. The molecule has 1 heterocycles. The SMILES string of the molecule is C=CCOC(=O)N1CC(C(=O)O)C[Si](C)(C)C1. The molecule has 1 amide bonds. The van der Waals surface area contributed by atoms with Crippen molar-refractivity contribution < 1.29 is 19.4 Å². The molecule has 0 aromatic carbocycles. The van der Waals surface area contributed by atoms with Crippen molar-refractivity contribution in [1.29, 1.82) is 0 Å². The van der Waals surface area contributed by atoms with Crippen molar-refractivity contribution in [2.75, 3.05) is 19.3 Å². The third-order valence-electron chi connectivity index (χ3n) is 2.79. The lowest BCUT2D eigenvalue weighted by molar-refractivity contribution is -0.141. The minimum Gasteiger partial charge on any atom is -0.481 e. The highest BCUT2D eigenvalue weighted by Crippen LogP contribution is 2.25. The van der Waals surface area contributed by atoms with Gasteiger partial charge >= 0.3 is 12.1 Å². The fraction of sp³-hybridized carbons (Fsp3) is 0.636. The quantitative estimate of drug-likeness (QED) is 0.615. The van der Waals surface area contributed by atoms with E-state index < -0.39 is 26.1 Å².